The summed E-state index contributed by atoms with van der Waals surface area (Å²) in [7, 11) is 0. The van der Waals surface area contributed by atoms with Crippen LogP contribution in [0.1, 0.15) is 18.9 Å². The second-order valence-corrected chi connectivity index (χ2v) is 4.66. The highest BCUT2D eigenvalue weighted by atomic mass is 35.5. The van der Waals surface area contributed by atoms with E-state index in [9.17, 15) is 0 Å². The Morgan fingerprint density at radius 1 is 1.33 bits per heavy atom. The van der Waals surface area contributed by atoms with Gasteiger partial charge in [0.2, 0.25) is 0 Å². The van der Waals surface area contributed by atoms with E-state index in [4.69, 9.17) is 34.8 Å². The predicted molar refractivity (Wildman–Crippen MR) is 69.3 cm³/mol. The first-order valence-corrected chi connectivity index (χ1v) is 6.08. The fourth-order valence-electron chi connectivity index (χ4n) is 1.35. The molecule has 0 amide bonds. The SMILES string of the molecule is CC(=CCCCl)Cc1cc(Cl)ccc1Cl. The van der Waals surface area contributed by atoms with Crippen LogP contribution in [0.15, 0.2) is 29.8 Å². The zero-order chi connectivity index (χ0) is 11.3. The van der Waals surface area contributed by atoms with Gasteiger partial charge in [0, 0.05) is 15.9 Å². The largest absolute Gasteiger partial charge is 0.126 e. The maximum Gasteiger partial charge on any atom is 0.0442 e. The molecule has 1 aromatic carbocycles. The lowest BCUT2D eigenvalue weighted by atomic mass is 10.1. The number of allylic oxidation sites excluding steroid dienone is 2. The number of benzene rings is 1. The van der Waals surface area contributed by atoms with Gasteiger partial charge in [-0.2, -0.15) is 0 Å². The van der Waals surface area contributed by atoms with Crippen LogP contribution in [0.3, 0.4) is 0 Å². The summed E-state index contributed by atoms with van der Waals surface area (Å²) < 4.78 is 0. The highest BCUT2D eigenvalue weighted by molar-refractivity contribution is 6.33. The Labute approximate surface area is 106 Å². The van der Waals surface area contributed by atoms with Gasteiger partial charge >= 0.3 is 0 Å². The van der Waals surface area contributed by atoms with E-state index in [1.165, 1.54) is 5.57 Å². The predicted octanol–water partition coefficient (Wildman–Crippen LogP) is 5.11. The lowest BCUT2D eigenvalue weighted by Crippen LogP contribution is -1.89. The average Bonchev–Trinajstić information content (AvgIpc) is 2.20. The third kappa shape index (κ3) is 4.46. The minimum absolute atomic E-state index is 0.653. The summed E-state index contributed by atoms with van der Waals surface area (Å²) in [5, 5.41) is 1.48. The van der Waals surface area contributed by atoms with Crippen molar-refractivity contribution in [1.29, 1.82) is 0 Å². The molecule has 0 fully saturated rings. The summed E-state index contributed by atoms with van der Waals surface area (Å²) >= 11 is 17.6. The molecule has 0 nitrogen and oxygen atoms in total. The Morgan fingerprint density at radius 3 is 2.73 bits per heavy atom. The molecule has 15 heavy (non-hydrogen) atoms. The van der Waals surface area contributed by atoms with Gasteiger partial charge in [-0.05, 0) is 43.5 Å². The van der Waals surface area contributed by atoms with Gasteiger partial charge in [-0.15, -0.1) is 11.6 Å². The number of hydrogen-bond donors (Lipinski definition) is 0. The Balaban J connectivity index is 2.75. The molecule has 0 aliphatic rings. The van der Waals surface area contributed by atoms with E-state index in [2.05, 4.69) is 13.0 Å². The molecule has 0 N–H and O–H groups in total. The molecule has 82 valence electrons. The molecule has 0 unspecified atom stereocenters. The van der Waals surface area contributed by atoms with E-state index >= 15 is 0 Å². The van der Waals surface area contributed by atoms with Gasteiger partial charge in [-0.25, -0.2) is 0 Å². The lowest BCUT2D eigenvalue weighted by Gasteiger charge is -2.05. The van der Waals surface area contributed by atoms with Crippen molar-refractivity contribution in [2.75, 3.05) is 5.88 Å². The fraction of sp³-hybridized carbons (Fsp3) is 0.333. The molecular formula is C12H13Cl3. The standard InChI is InChI=1S/C12H13Cl3/c1-9(3-2-6-13)7-10-8-11(14)4-5-12(10)15/h3-5,8H,2,6-7H2,1H3. The van der Waals surface area contributed by atoms with Gasteiger partial charge in [0.25, 0.3) is 0 Å². The maximum atomic E-state index is 6.06. The summed E-state index contributed by atoms with van der Waals surface area (Å²) in [5.74, 6) is 0.653. The molecule has 1 aromatic rings. The number of hydrogen-bond acceptors (Lipinski definition) is 0. The van der Waals surface area contributed by atoms with Crippen molar-refractivity contribution in [3.63, 3.8) is 0 Å². The van der Waals surface area contributed by atoms with Crippen LogP contribution in [0, 0.1) is 0 Å². The van der Waals surface area contributed by atoms with Crippen molar-refractivity contribution >= 4 is 34.8 Å². The number of halogens is 3. The average molecular weight is 264 g/mol. The van der Waals surface area contributed by atoms with E-state index < -0.39 is 0 Å². The minimum Gasteiger partial charge on any atom is -0.126 e. The fourth-order valence-corrected chi connectivity index (χ4v) is 1.84. The van der Waals surface area contributed by atoms with Crippen molar-refractivity contribution < 1.29 is 0 Å². The zero-order valence-corrected chi connectivity index (χ0v) is 10.8. The highest BCUT2D eigenvalue weighted by Crippen LogP contribution is 2.23. The van der Waals surface area contributed by atoms with Crippen LogP contribution in [0.25, 0.3) is 0 Å². The lowest BCUT2D eigenvalue weighted by molar-refractivity contribution is 1.09. The topological polar surface area (TPSA) is 0 Å². The van der Waals surface area contributed by atoms with Crippen molar-refractivity contribution in [1.82, 2.24) is 0 Å². The molecule has 0 bridgehead atoms. The van der Waals surface area contributed by atoms with Gasteiger partial charge < -0.3 is 0 Å². The zero-order valence-electron chi connectivity index (χ0n) is 8.56. The molecule has 0 saturated heterocycles. The van der Waals surface area contributed by atoms with Crippen molar-refractivity contribution in [3.05, 3.63) is 45.5 Å². The quantitative estimate of drug-likeness (QED) is 0.523. The Bertz CT molecular complexity index is 356. The summed E-state index contributed by atoms with van der Waals surface area (Å²) in [6.07, 6.45) is 3.85. The van der Waals surface area contributed by atoms with Gasteiger partial charge in [0.1, 0.15) is 0 Å². The smallest absolute Gasteiger partial charge is 0.0442 e. The second-order valence-electron chi connectivity index (χ2n) is 3.44. The summed E-state index contributed by atoms with van der Waals surface area (Å²) in [4.78, 5) is 0. The molecule has 0 atom stereocenters. The van der Waals surface area contributed by atoms with Gasteiger partial charge in [0.05, 0.1) is 0 Å². The molecule has 0 aliphatic heterocycles. The summed E-state index contributed by atoms with van der Waals surface area (Å²) in [6, 6.07) is 5.53. The maximum absolute atomic E-state index is 6.06. The first-order chi connectivity index (χ1) is 7.13. The van der Waals surface area contributed by atoms with E-state index in [-0.39, 0.29) is 0 Å². The molecule has 0 radical (unpaired) electrons. The molecule has 0 heterocycles. The molecular weight excluding hydrogens is 250 g/mol. The third-order valence-corrected chi connectivity index (χ3v) is 2.90. The van der Waals surface area contributed by atoms with Crippen LogP contribution >= 0.6 is 34.8 Å². The summed E-state index contributed by atoms with van der Waals surface area (Å²) in [6.45, 7) is 2.07. The van der Waals surface area contributed by atoms with Gasteiger partial charge in [-0.1, -0.05) is 34.9 Å². The van der Waals surface area contributed by atoms with Crippen LogP contribution in [-0.2, 0) is 6.42 Å². The normalized spacial score (nSPS) is 11.9. The minimum atomic E-state index is 0.653. The molecule has 3 heteroatoms. The molecule has 0 aliphatic carbocycles. The van der Waals surface area contributed by atoms with Gasteiger partial charge in [-0.3, -0.25) is 0 Å². The van der Waals surface area contributed by atoms with Crippen molar-refractivity contribution in [3.8, 4) is 0 Å². The Kier molecular flexibility index (Phi) is 5.52. The third-order valence-electron chi connectivity index (χ3n) is 2.08. The Hall–Kier alpha value is -0.170. The van der Waals surface area contributed by atoms with Crippen LogP contribution in [-0.4, -0.2) is 5.88 Å². The van der Waals surface area contributed by atoms with Crippen molar-refractivity contribution in [2.24, 2.45) is 0 Å². The molecule has 1 rings (SSSR count). The van der Waals surface area contributed by atoms with Gasteiger partial charge in [0.15, 0.2) is 0 Å². The molecule has 0 spiro atoms. The highest BCUT2D eigenvalue weighted by Gasteiger charge is 2.01. The van der Waals surface area contributed by atoms with E-state index in [0.29, 0.717) is 5.88 Å². The van der Waals surface area contributed by atoms with Crippen LogP contribution in [0.4, 0.5) is 0 Å². The van der Waals surface area contributed by atoms with Crippen LogP contribution in [0.2, 0.25) is 10.0 Å². The van der Waals surface area contributed by atoms with E-state index in [1.807, 2.05) is 12.1 Å². The van der Waals surface area contributed by atoms with Crippen molar-refractivity contribution in [2.45, 2.75) is 19.8 Å². The van der Waals surface area contributed by atoms with E-state index in [0.717, 1.165) is 28.5 Å². The molecule has 0 aromatic heterocycles. The van der Waals surface area contributed by atoms with Crippen LogP contribution in [0.5, 0.6) is 0 Å². The number of rotatable bonds is 4. The van der Waals surface area contributed by atoms with Crippen LogP contribution < -0.4 is 0 Å². The monoisotopic (exact) mass is 262 g/mol. The first-order valence-electron chi connectivity index (χ1n) is 4.79. The summed E-state index contributed by atoms with van der Waals surface area (Å²) in [5.41, 5.74) is 2.33. The molecule has 0 saturated carbocycles. The Morgan fingerprint density at radius 2 is 2.07 bits per heavy atom. The first kappa shape index (κ1) is 12.9. The number of alkyl halides is 1. The second kappa shape index (κ2) is 6.42. The van der Waals surface area contributed by atoms with E-state index in [1.54, 1.807) is 6.07 Å².